The zero-order valence-corrected chi connectivity index (χ0v) is 13.7. The Morgan fingerprint density at radius 2 is 1.46 bits per heavy atom. The maximum absolute atomic E-state index is 12.2. The highest BCUT2D eigenvalue weighted by Crippen LogP contribution is 2.27. The highest BCUT2D eigenvalue weighted by atomic mass is 16.5. The normalized spacial score (nSPS) is 10.5. The van der Waals surface area contributed by atoms with Crippen LogP contribution in [0.3, 0.4) is 0 Å². The lowest BCUT2D eigenvalue weighted by atomic mass is 10.1. The highest BCUT2D eigenvalue weighted by molar-refractivity contribution is 6.07. The van der Waals surface area contributed by atoms with Crippen molar-refractivity contribution in [3.8, 4) is 11.5 Å². The maximum Gasteiger partial charge on any atom is 0.337 e. The molecule has 0 atom stereocenters. The SMILES string of the molecule is COC(=O)c1ccc(C=CC(=O)c2ccc(OC)c(OC)c2)cc1. The average Bonchev–Trinajstić information content (AvgIpc) is 2.65. The first-order valence-electron chi connectivity index (χ1n) is 7.22. The molecular formula is C19H18O5. The fourth-order valence-corrected chi connectivity index (χ4v) is 2.11. The minimum Gasteiger partial charge on any atom is -0.493 e. The van der Waals surface area contributed by atoms with E-state index in [1.165, 1.54) is 27.4 Å². The highest BCUT2D eigenvalue weighted by Gasteiger charge is 2.08. The smallest absolute Gasteiger partial charge is 0.337 e. The molecule has 0 spiro atoms. The predicted octanol–water partition coefficient (Wildman–Crippen LogP) is 3.39. The van der Waals surface area contributed by atoms with Crippen LogP contribution in [0.2, 0.25) is 0 Å². The summed E-state index contributed by atoms with van der Waals surface area (Å²) < 4.78 is 15.0. The number of allylic oxidation sites excluding steroid dienone is 1. The van der Waals surface area contributed by atoms with Gasteiger partial charge in [-0.3, -0.25) is 4.79 Å². The molecule has 0 aliphatic heterocycles. The molecule has 0 bridgehead atoms. The van der Waals surface area contributed by atoms with Crippen LogP contribution in [0.5, 0.6) is 11.5 Å². The molecule has 0 N–H and O–H groups in total. The summed E-state index contributed by atoms with van der Waals surface area (Å²) >= 11 is 0. The quantitative estimate of drug-likeness (QED) is 0.462. The zero-order valence-electron chi connectivity index (χ0n) is 13.7. The van der Waals surface area contributed by atoms with E-state index in [4.69, 9.17) is 9.47 Å². The first-order chi connectivity index (χ1) is 11.6. The van der Waals surface area contributed by atoms with Gasteiger partial charge in [-0.1, -0.05) is 18.2 Å². The Morgan fingerprint density at radius 3 is 2.04 bits per heavy atom. The van der Waals surface area contributed by atoms with Gasteiger partial charge in [0.25, 0.3) is 0 Å². The molecule has 0 radical (unpaired) electrons. The number of methoxy groups -OCH3 is 3. The fourth-order valence-electron chi connectivity index (χ4n) is 2.11. The van der Waals surface area contributed by atoms with E-state index < -0.39 is 5.97 Å². The van der Waals surface area contributed by atoms with Crippen molar-refractivity contribution < 1.29 is 23.8 Å². The number of hydrogen-bond acceptors (Lipinski definition) is 5. The Morgan fingerprint density at radius 1 is 0.833 bits per heavy atom. The van der Waals surface area contributed by atoms with Crippen molar-refractivity contribution in [1.82, 2.24) is 0 Å². The topological polar surface area (TPSA) is 61.8 Å². The Hall–Kier alpha value is -3.08. The summed E-state index contributed by atoms with van der Waals surface area (Å²) in [5.74, 6) is 0.510. The standard InChI is InChI=1S/C19H18O5/c1-22-17-11-9-15(12-18(17)23-2)16(20)10-6-13-4-7-14(8-5-13)19(21)24-3/h4-12H,1-3H3. The average molecular weight is 326 g/mol. The first kappa shape index (κ1) is 17.3. The summed E-state index contributed by atoms with van der Waals surface area (Å²) in [6, 6.07) is 11.8. The second-order valence-corrected chi connectivity index (χ2v) is 4.88. The van der Waals surface area contributed by atoms with Crippen LogP contribution in [0.15, 0.2) is 48.5 Å². The fraction of sp³-hybridized carbons (Fsp3) is 0.158. The number of ketones is 1. The molecule has 5 nitrogen and oxygen atoms in total. The molecule has 0 saturated carbocycles. The van der Waals surface area contributed by atoms with Gasteiger partial charge in [0.05, 0.1) is 26.9 Å². The van der Waals surface area contributed by atoms with E-state index in [0.29, 0.717) is 22.6 Å². The largest absolute Gasteiger partial charge is 0.493 e. The lowest BCUT2D eigenvalue weighted by molar-refractivity contribution is 0.0600. The van der Waals surface area contributed by atoms with Crippen molar-refractivity contribution in [2.45, 2.75) is 0 Å². The third-order valence-electron chi connectivity index (χ3n) is 3.43. The molecule has 0 aliphatic carbocycles. The van der Waals surface area contributed by atoms with E-state index in [9.17, 15) is 9.59 Å². The van der Waals surface area contributed by atoms with E-state index in [1.807, 2.05) is 0 Å². The molecule has 0 unspecified atom stereocenters. The van der Waals surface area contributed by atoms with E-state index in [0.717, 1.165) is 5.56 Å². The molecule has 0 saturated heterocycles. The van der Waals surface area contributed by atoms with Crippen molar-refractivity contribution in [3.05, 3.63) is 65.2 Å². The number of benzene rings is 2. The second kappa shape index (κ2) is 7.97. The summed E-state index contributed by atoms with van der Waals surface area (Å²) in [6.45, 7) is 0. The van der Waals surface area contributed by atoms with Crippen LogP contribution < -0.4 is 9.47 Å². The molecule has 2 aromatic rings. The van der Waals surface area contributed by atoms with Crippen molar-refractivity contribution >= 4 is 17.8 Å². The summed E-state index contributed by atoms with van der Waals surface area (Å²) in [6.07, 6.45) is 3.15. The van der Waals surface area contributed by atoms with E-state index in [1.54, 1.807) is 48.5 Å². The van der Waals surface area contributed by atoms with Crippen LogP contribution in [0.4, 0.5) is 0 Å². The third kappa shape index (κ3) is 4.01. The summed E-state index contributed by atoms with van der Waals surface area (Å²) in [7, 11) is 4.39. The van der Waals surface area contributed by atoms with Crippen LogP contribution in [-0.2, 0) is 4.74 Å². The van der Waals surface area contributed by atoms with Gasteiger partial charge in [-0.25, -0.2) is 4.79 Å². The predicted molar refractivity (Wildman–Crippen MR) is 90.7 cm³/mol. The van der Waals surface area contributed by atoms with Crippen molar-refractivity contribution in [3.63, 3.8) is 0 Å². The summed E-state index contributed by atoms with van der Waals surface area (Å²) in [5.41, 5.74) is 1.76. The first-order valence-corrected chi connectivity index (χ1v) is 7.22. The minimum absolute atomic E-state index is 0.159. The summed E-state index contributed by atoms with van der Waals surface area (Å²) in [5, 5.41) is 0. The molecule has 24 heavy (non-hydrogen) atoms. The number of ether oxygens (including phenoxy) is 3. The van der Waals surface area contributed by atoms with Gasteiger partial charge in [-0.2, -0.15) is 0 Å². The van der Waals surface area contributed by atoms with Crippen LogP contribution >= 0.6 is 0 Å². The molecular weight excluding hydrogens is 308 g/mol. The number of hydrogen-bond donors (Lipinski definition) is 0. The molecule has 124 valence electrons. The van der Waals surface area contributed by atoms with E-state index >= 15 is 0 Å². The Kier molecular flexibility index (Phi) is 5.73. The maximum atomic E-state index is 12.2. The minimum atomic E-state index is -0.396. The van der Waals surface area contributed by atoms with Crippen LogP contribution in [0.25, 0.3) is 6.08 Å². The van der Waals surface area contributed by atoms with Gasteiger partial charge in [0.2, 0.25) is 0 Å². The Labute approximate surface area is 140 Å². The molecule has 0 aromatic heterocycles. The monoisotopic (exact) mass is 326 g/mol. The number of esters is 1. The zero-order chi connectivity index (χ0) is 17.5. The molecule has 0 heterocycles. The van der Waals surface area contributed by atoms with Crippen LogP contribution in [0.1, 0.15) is 26.3 Å². The van der Waals surface area contributed by atoms with E-state index in [-0.39, 0.29) is 5.78 Å². The van der Waals surface area contributed by atoms with Crippen LogP contribution in [-0.4, -0.2) is 33.1 Å². The summed E-state index contributed by atoms with van der Waals surface area (Å²) in [4.78, 5) is 23.6. The number of carbonyl (C=O) groups is 2. The lowest BCUT2D eigenvalue weighted by Gasteiger charge is -2.08. The van der Waals surface area contributed by atoms with Gasteiger partial charge >= 0.3 is 5.97 Å². The van der Waals surface area contributed by atoms with Gasteiger partial charge in [0.1, 0.15) is 0 Å². The van der Waals surface area contributed by atoms with Gasteiger partial charge in [0, 0.05) is 5.56 Å². The Bertz CT molecular complexity index is 760. The van der Waals surface area contributed by atoms with Gasteiger partial charge in [-0.05, 0) is 42.0 Å². The van der Waals surface area contributed by atoms with Gasteiger partial charge in [0.15, 0.2) is 17.3 Å². The van der Waals surface area contributed by atoms with Gasteiger partial charge in [-0.15, -0.1) is 0 Å². The van der Waals surface area contributed by atoms with E-state index in [2.05, 4.69) is 4.74 Å². The van der Waals surface area contributed by atoms with Crippen molar-refractivity contribution in [1.29, 1.82) is 0 Å². The number of carbonyl (C=O) groups excluding carboxylic acids is 2. The molecule has 2 aromatic carbocycles. The van der Waals surface area contributed by atoms with Crippen molar-refractivity contribution in [2.75, 3.05) is 21.3 Å². The number of rotatable bonds is 6. The van der Waals surface area contributed by atoms with Crippen LogP contribution in [0, 0.1) is 0 Å². The lowest BCUT2D eigenvalue weighted by Crippen LogP contribution is -2.00. The van der Waals surface area contributed by atoms with Gasteiger partial charge < -0.3 is 14.2 Å². The Balaban J connectivity index is 2.14. The molecule has 0 aliphatic rings. The third-order valence-corrected chi connectivity index (χ3v) is 3.43. The van der Waals surface area contributed by atoms with Crippen molar-refractivity contribution in [2.24, 2.45) is 0 Å². The second-order valence-electron chi connectivity index (χ2n) is 4.88. The molecule has 0 fully saturated rings. The molecule has 0 amide bonds. The molecule has 5 heteroatoms. The molecule has 2 rings (SSSR count).